The van der Waals surface area contributed by atoms with E-state index >= 15 is 0 Å². The van der Waals surface area contributed by atoms with Crippen LogP contribution in [0, 0.1) is 0 Å². The van der Waals surface area contributed by atoms with E-state index in [0.29, 0.717) is 5.57 Å². The Bertz CT molecular complexity index is 401. The maximum atomic E-state index is 11.5. The minimum Gasteiger partial charge on any atom is -0.465 e. The number of hydrogen-bond acceptors (Lipinski definition) is 5. The fourth-order valence-corrected chi connectivity index (χ4v) is 1.39. The van der Waals surface area contributed by atoms with Crippen LogP contribution in [0.5, 0.6) is 0 Å². The molecule has 106 valence electrons. The highest BCUT2D eigenvalue weighted by molar-refractivity contribution is 6.15. The zero-order valence-corrected chi connectivity index (χ0v) is 12.1. The summed E-state index contributed by atoms with van der Waals surface area (Å²) in [7, 11) is 4.30. The number of ether oxygens (including phenoxy) is 2. The van der Waals surface area contributed by atoms with E-state index in [1.807, 2.05) is 20.0 Å². The first kappa shape index (κ1) is 17.1. The molecule has 0 fully saturated rings. The summed E-state index contributed by atoms with van der Waals surface area (Å²) in [6, 6.07) is 0. The quantitative estimate of drug-likeness (QED) is 0.259. The molecule has 0 radical (unpaired) electrons. The smallest absolute Gasteiger partial charge is 0.345 e. The van der Waals surface area contributed by atoms with Gasteiger partial charge in [0, 0.05) is 6.54 Å². The van der Waals surface area contributed by atoms with Crippen LogP contribution in [-0.4, -0.2) is 39.8 Å². The number of hydrogen-bond donors (Lipinski definition) is 1. The molecule has 0 aliphatic heterocycles. The molecule has 0 aliphatic carbocycles. The third-order valence-electron chi connectivity index (χ3n) is 2.36. The molecule has 19 heavy (non-hydrogen) atoms. The van der Waals surface area contributed by atoms with Crippen LogP contribution < -0.4 is 5.32 Å². The van der Waals surface area contributed by atoms with Crippen molar-refractivity contribution in [1.29, 1.82) is 0 Å². The highest BCUT2D eigenvalue weighted by Crippen LogP contribution is 2.10. The fourth-order valence-electron chi connectivity index (χ4n) is 1.39. The van der Waals surface area contributed by atoms with Crippen molar-refractivity contribution >= 4 is 11.9 Å². The van der Waals surface area contributed by atoms with Crippen LogP contribution in [0.25, 0.3) is 0 Å². The van der Waals surface area contributed by atoms with E-state index in [2.05, 4.69) is 14.8 Å². The standard InChI is InChI=1S/C14H21NO4/c1-10(9-15-3)7-6-8-11(2)12(13(16)18-4)14(17)19-5/h6-8,15H,9H2,1-5H3. The van der Waals surface area contributed by atoms with Crippen LogP contribution in [0.3, 0.4) is 0 Å². The van der Waals surface area contributed by atoms with Crippen molar-refractivity contribution in [2.75, 3.05) is 27.8 Å². The van der Waals surface area contributed by atoms with Crippen molar-refractivity contribution in [3.8, 4) is 0 Å². The summed E-state index contributed by atoms with van der Waals surface area (Å²) >= 11 is 0. The normalized spacial score (nSPS) is 11.3. The number of rotatable bonds is 6. The molecule has 0 spiro atoms. The topological polar surface area (TPSA) is 64.6 Å². The molecule has 0 amide bonds. The van der Waals surface area contributed by atoms with Gasteiger partial charge >= 0.3 is 11.9 Å². The van der Waals surface area contributed by atoms with E-state index < -0.39 is 11.9 Å². The summed E-state index contributed by atoms with van der Waals surface area (Å²) < 4.78 is 9.13. The van der Waals surface area contributed by atoms with Crippen molar-refractivity contribution in [3.63, 3.8) is 0 Å². The Balaban J connectivity index is 5.15. The largest absolute Gasteiger partial charge is 0.465 e. The molecule has 1 N–H and O–H groups in total. The highest BCUT2D eigenvalue weighted by atomic mass is 16.5. The van der Waals surface area contributed by atoms with Crippen molar-refractivity contribution < 1.29 is 19.1 Å². The van der Waals surface area contributed by atoms with E-state index in [1.54, 1.807) is 19.1 Å². The van der Waals surface area contributed by atoms with Crippen LogP contribution in [0.2, 0.25) is 0 Å². The summed E-state index contributed by atoms with van der Waals surface area (Å²) in [5.41, 5.74) is 1.53. The van der Waals surface area contributed by atoms with Crippen molar-refractivity contribution in [2.45, 2.75) is 13.8 Å². The van der Waals surface area contributed by atoms with Gasteiger partial charge in [0.25, 0.3) is 0 Å². The van der Waals surface area contributed by atoms with E-state index in [9.17, 15) is 9.59 Å². The molecule has 0 aromatic heterocycles. The van der Waals surface area contributed by atoms with E-state index in [-0.39, 0.29) is 5.57 Å². The fraction of sp³-hybridized carbons (Fsp3) is 0.429. The van der Waals surface area contributed by atoms with Gasteiger partial charge in [-0.3, -0.25) is 0 Å². The van der Waals surface area contributed by atoms with Gasteiger partial charge < -0.3 is 14.8 Å². The average Bonchev–Trinajstić information content (AvgIpc) is 2.38. The molecule has 0 aliphatic rings. The Morgan fingerprint density at radius 3 is 2.05 bits per heavy atom. The molecule has 0 atom stereocenters. The van der Waals surface area contributed by atoms with E-state index in [4.69, 9.17) is 0 Å². The minimum absolute atomic E-state index is 0.0964. The second-order valence-electron chi connectivity index (χ2n) is 3.94. The molecule has 0 aromatic carbocycles. The number of likely N-dealkylation sites (N-methyl/N-ethyl adjacent to an activating group) is 1. The molecule has 5 heteroatoms. The summed E-state index contributed by atoms with van der Waals surface area (Å²) in [5, 5.41) is 3.02. The number of carbonyl (C=O) groups excluding carboxylic acids is 2. The van der Waals surface area contributed by atoms with Gasteiger partial charge in [-0.1, -0.05) is 23.8 Å². The molecule has 0 aromatic rings. The van der Waals surface area contributed by atoms with Crippen LogP contribution in [-0.2, 0) is 19.1 Å². The van der Waals surface area contributed by atoms with Crippen molar-refractivity contribution in [3.05, 3.63) is 34.9 Å². The first-order valence-electron chi connectivity index (χ1n) is 5.83. The third-order valence-corrected chi connectivity index (χ3v) is 2.36. The Morgan fingerprint density at radius 1 is 1.11 bits per heavy atom. The summed E-state index contributed by atoms with van der Waals surface area (Å²) in [5.74, 6) is -1.41. The summed E-state index contributed by atoms with van der Waals surface area (Å²) in [4.78, 5) is 23.0. The van der Waals surface area contributed by atoms with Crippen LogP contribution in [0.15, 0.2) is 34.9 Å². The maximum absolute atomic E-state index is 11.5. The van der Waals surface area contributed by atoms with E-state index in [0.717, 1.165) is 12.1 Å². The Kier molecular flexibility index (Phi) is 8.20. The zero-order valence-electron chi connectivity index (χ0n) is 12.1. The van der Waals surface area contributed by atoms with Gasteiger partial charge in [-0.05, 0) is 26.5 Å². The van der Waals surface area contributed by atoms with E-state index in [1.165, 1.54) is 14.2 Å². The van der Waals surface area contributed by atoms with Crippen LogP contribution in [0.4, 0.5) is 0 Å². The SMILES string of the molecule is CNCC(C)=CC=CC(C)=C(C(=O)OC)C(=O)OC. The number of methoxy groups -OCH3 is 2. The minimum atomic E-state index is -0.704. The summed E-state index contributed by atoms with van der Waals surface area (Å²) in [6.45, 7) is 4.40. The number of allylic oxidation sites excluding steroid dienone is 4. The number of nitrogens with one attached hydrogen (secondary N) is 1. The maximum Gasteiger partial charge on any atom is 0.345 e. The Morgan fingerprint density at radius 2 is 1.63 bits per heavy atom. The van der Waals surface area contributed by atoms with Gasteiger partial charge in [-0.15, -0.1) is 0 Å². The Labute approximate surface area is 114 Å². The second kappa shape index (κ2) is 9.10. The lowest BCUT2D eigenvalue weighted by Gasteiger charge is -2.05. The highest BCUT2D eigenvalue weighted by Gasteiger charge is 2.21. The monoisotopic (exact) mass is 267 g/mol. The molecule has 0 unspecified atom stereocenters. The van der Waals surface area contributed by atoms with Gasteiger partial charge in [0.1, 0.15) is 5.57 Å². The summed E-state index contributed by atoms with van der Waals surface area (Å²) in [6.07, 6.45) is 5.34. The van der Waals surface area contributed by atoms with Gasteiger partial charge in [-0.2, -0.15) is 0 Å². The molecule has 0 saturated heterocycles. The predicted octanol–water partition coefficient (Wildman–Crippen LogP) is 1.37. The lowest BCUT2D eigenvalue weighted by atomic mass is 10.1. The van der Waals surface area contributed by atoms with Crippen LogP contribution in [0.1, 0.15) is 13.8 Å². The lowest BCUT2D eigenvalue weighted by molar-refractivity contribution is -0.144. The van der Waals surface area contributed by atoms with Gasteiger partial charge in [-0.25, -0.2) is 9.59 Å². The lowest BCUT2D eigenvalue weighted by Crippen LogP contribution is -2.17. The molecule has 0 bridgehead atoms. The molecule has 0 saturated carbocycles. The number of esters is 2. The van der Waals surface area contributed by atoms with Crippen molar-refractivity contribution in [1.82, 2.24) is 5.32 Å². The molecular formula is C14H21NO4. The van der Waals surface area contributed by atoms with Gasteiger partial charge in [0.15, 0.2) is 0 Å². The molecule has 0 heterocycles. The zero-order chi connectivity index (χ0) is 14.8. The molecule has 0 rings (SSSR count). The van der Waals surface area contributed by atoms with Crippen LogP contribution >= 0.6 is 0 Å². The van der Waals surface area contributed by atoms with Gasteiger partial charge in [0.05, 0.1) is 14.2 Å². The molecular weight excluding hydrogens is 246 g/mol. The Hall–Kier alpha value is -1.88. The molecule has 5 nitrogen and oxygen atoms in total. The number of carbonyl (C=O) groups is 2. The second-order valence-corrected chi connectivity index (χ2v) is 3.94. The van der Waals surface area contributed by atoms with Gasteiger partial charge in [0.2, 0.25) is 0 Å². The third kappa shape index (κ3) is 6.01. The predicted molar refractivity (Wildman–Crippen MR) is 73.6 cm³/mol. The first-order valence-corrected chi connectivity index (χ1v) is 5.83. The average molecular weight is 267 g/mol. The first-order chi connectivity index (χ1) is 8.97. The van der Waals surface area contributed by atoms with Crippen molar-refractivity contribution in [2.24, 2.45) is 0 Å².